The van der Waals surface area contributed by atoms with Gasteiger partial charge in [0.1, 0.15) is 5.54 Å². The van der Waals surface area contributed by atoms with Crippen LogP contribution in [0.5, 0.6) is 0 Å². The lowest BCUT2D eigenvalue weighted by molar-refractivity contribution is -0.128. The van der Waals surface area contributed by atoms with Crippen molar-refractivity contribution in [1.29, 1.82) is 0 Å². The van der Waals surface area contributed by atoms with Gasteiger partial charge >= 0.3 is 6.03 Å². The molecule has 3 amide bonds. The van der Waals surface area contributed by atoms with E-state index < -0.39 is 5.54 Å². The first-order valence-corrected chi connectivity index (χ1v) is 6.23. The van der Waals surface area contributed by atoms with E-state index in [0.717, 1.165) is 32.1 Å². The van der Waals surface area contributed by atoms with Crippen molar-refractivity contribution in [2.24, 2.45) is 5.92 Å². The summed E-state index contributed by atoms with van der Waals surface area (Å²) in [4.78, 5) is 25.5. The molecule has 1 spiro atoms. The number of nitrogens with zero attached hydrogens (tertiary/aromatic N) is 1. The molecular formula is C12H20N2O2. The molecule has 16 heavy (non-hydrogen) atoms. The maximum atomic E-state index is 12.0. The van der Waals surface area contributed by atoms with Gasteiger partial charge in [-0.3, -0.25) is 10.1 Å². The molecule has 0 radical (unpaired) electrons. The molecule has 4 nitrogen and oxygen atoms in total. The van der Waals surface area contributed by atoms with Gasteiger partial charge in [-0.05, 0) is 38.0 Å². The van der Waals surface area contributed by atoms with Gasteiger partial charge in [0.15, 0.2) is 0 Å². The van der Waals surface area contributed by atoms with Gasteiger partial charge in [-0.2, -0.15) is 0 Å². The van der Waals surface area contributed by atoms with Gasteiger partial charge in [0.25, 0.3) is 5.91 Å². The molecule has 1 aliphatic carbocycles. The second-order valence-electron chi connectivity index (χ2n) is 5.13. The van der Waals surface area contributed by atoms with Crippen LogP contribution >= 0.6 is 0 Å². The maximum absolute atomic E-state index is 12.0. The van der Waals surface area contributed by atoms with E-state index in [1.165, 1.54) is 0 Å². The number of hydrogen-bond acceptors (Lipinski definition) is 2. The summed E-state index contributed by atoms with van der Waals surface area (Å²) in [6, 6.07) is -0.193. The summed E-state index contributed by atoms with van der Waals surface area (Å²) in [5.74, 6) is 0.607. The first-order valence-electron chi connectivity index (χ1n) is 6.23. The van der Waals surface area contributed by atoms with E-state index >= 15 is 0 Å². The van der Waals surface area contributed by atoms with Crippen molar-refractivity contribution in [2.75, 3.05) is 6.54 Å². The predicted octanol–water partition coefficient (Wildman–Crippen LogP) is 1.90. The molecule has 2 rings (SSSR count). The lowest BCUT2D eigenvalue weighted by Gasteiger charge is -2.40. The second kappa shape index (κ2) is 4.07. The quantitative estimate of drug-likeness (QED) is 0.728. The highest BCUT2D eigenvalue weighted by Crippen LogP contribution is 2.39. The first kappa shape index (κ1) is 11.4. The Kier molecular flexibility index (Phi) is 2.91. The molecule has 90 valence electrons. The van der Waals surface area contributed by atoms with Gasteiger partial charge < -0.3 is 4.90 Å². The zero-order valence-corrected chi connectivity index (χ0v) is 10.1. The summed E-state index contributed by atoms with van der Waals surface area (Å²) >= 11 is 0. The van der Waals surface area contributed by atoms with Crippen LogP contribution in [-0.4, -0.2) is 28.9 Å². The topological polar surface area (TPSA) is 49.4 Å². The Morgan fingerprint density at radius 3 is 2.56 bits per heavy atom. The van der Waals surface area contributed by atoms with Crippen molar-refractivity contribution in [3.8, 4) is 0 Å². The zero-order valence-electron chi connectivity index (χ0n) is 10.1. The minimum Gasteiger partial charge on any atom is -0.310 e. The summed E-state index contributed by atoms with van der Waals surface area (Å²) in [5.41, 5.74) is -0.514. The third-order valence-corrected chi connectivity index (χ3v) is 3.95. The lowest BCUT2D eigenvalue weighted by atomic mass is 9.76. The number of carbonyl (C=O) groups excluding carboxylic acids is 2. The molecule has 0 unspecified atom stereocenters. The summed E-state index contributed by atoms with van der Waals surface area (Å²) in [6.07, 6.45) is 4.64. The fraction of sp³-hybridized carbons (Fsp3) is 0.833. The Bertz CT molecular complexity index is 306. The van der Waals surface area contributed by atoms with Crippen LogP contribution in [0.1, 0.15) is 46.0 Å². The normalized spacial score (nSPS) is 34.6. The number of urea groups is 1. The molecular weight excluding hydrogens is 204 g/mol. The number of imide groups is 1. The van der Waals surface area contributed by atoms with Crippen LogP contribution in [0.4, 0.5) is 4.79 Å². The Morgan fingerprint density at radius 1 is 1.38 bits per heavy atom. The highest BCUT2D eigenvalue weighted by atomic mass is 16.2. The smallest absolute Gasteiger partial charge is 0.310 e. The highest BCUT2D eigenvalue weighted by Gasteiger charge is 2.53. The minimum absolute atomic E-state index is 0.0714. The molecule has 0 bridgehead atoms. The van der Waals surface area contributed by atoms with E-state index in [2.05, 4.69) is 12.2 Å². The maximum Gasteiger partial charge on any atom is 0.325 e. The van der Waals surface area contributed by atoms with E-state index in [1.54, 1.807) is 4.90 Å². The third kappa shape index (κ3) is 1.60. The molecule has 1 aliphatic heterocycles. The van der Waals surface area contributed by atoms with Gasteiger partial charge in [0, 0.05) is 6.54 Å². The van der Waals surface area contributed by atoms with Crippen molar-refractivity contribution in [3.05, 3.63) is 0 Å². The summed E-state index contributed by atoms with van der Waals surface area (Å²) in [5, 5.41) is 2.48. The molecule has 1 heterocycles. The molecule has 0 aromatic rings. The number of amides is 3. The fourth-order valence-corrected chi connectivity index (χ4v) is 2.87. The average Bonchev–Trinajstić information content (AvgIpc) is 2.48. The van der Waals surface area contributed by atoms with Gasteiger partial charge in [-0.25, -0.2) is 4.79 Å². The Morgan fingerprint density at radius 2 is 2.00 bits per heavy atom. The van der Waals surface area contributed by atoms with Crippen LogP contribution in [0.25, 0.3) is 0 Å². The standard InChI is InChI=1S/C12H20N2O2/c1-3-8-14-11(16)13-10(15)12(14)6-4-9(2)5-7-12/h9H,3-8H2,1-2H3,(H,13,15,16). The lowest BCUT2D eigenvalue weighted by Crippen LogP contribution is -2.52. The monoisotopic (exact) mass is 224 g/mol. The van der Waals surface area contributed by atoms with E-state index in [9.17, 15) is 9.59 Å². The minimum atomic E-state index is -0.514. The molecule has 1 saturated carbocycles. The van der Waals surface area contributed by atoms with Crippen molar-refractivity contribution >= 4 is 11.9 Å². The number of carbonyl (C=O) groups is 2. The van der Waals surface area contributed by atoms with Crippen LogP contribution in [0.2, 0.25) is 0 Å². The fourth-order valence-electron chi connectivity index (χ4n) is 2.87. The SMILES string of the molecule is CCCN1C(=O)NC(=O)C12CCC(C)CC2. The summed E-state index contributed by atoms with van der Waals surface area (Å²) < 4.78 is 0. The number of rotatable bonds is 2. The summed E-state index contributed by atoms with van der Waals surface area (Å²) in [7, 11) is 0. The van der Waals surface area contributed by atoms with E-state index in [0.29, 0.717) is 12.5 Å². The van der Waals surface area contributed by atoms with Crippen molar-refractivity contribution in [1.82, 2.24) is 10.2 Å². The predicted molar refractivity (Wildman–Crippen MR) is 60.9 cm³/mol. The molecule has 4 heteroatoms. The van der Waals surface area contributed by atoms with Crippen LogP contribution in [0.3, 0.4) is 0 Å². The van der Waals surface area contributed by atoms with E-state index in [-0.39, 0.29) is 11.9 Å². The molecule has 2 aliphatic rings. The molecule has 1 saturated heterocycles. The second-order valence-corrected chi connectivity index (χ2v) is 5.13. The van der Waals surface area contributed by atoms with E-state index in [4.69, 9.17) is 0 Å². The van der Waals surface area contributed by atoms with Crippen molar-refractivity contribution in [3.63, 3.8) is 0 Å². The molecule has 0 atom stereocenters. The van der Waals surface area contributed by atoms with Gasteiger partial charge in [0.2, 0.25) is 0 Å². The largest absolute Gasteiger partial charge is 0.325 e. The Hall–Kier alpha value is -1.06. The van der Waals surface area contributed by atoms with E-state index in [1.807, 2.05) is 6.92 Å². The van der Waals surface area contributed by atoms with Gasteiger partial charge in [-0.1, -0.05) is 13.8 Å². The van der Waals surface area contributed by atoms with Crippen LogP contribution in [0, 0.1) is 5.92 Å². The van der Waals surface area contributed by atoms with Crippen LogP contribution in [0.15, 0.2) is 0 Å². The van der Waals surface area contributed by atoms with Crippen LogP contribution in [-0.2, 0) is 4.79 Å². The van der Waals surface area contributed by atoms with Gasteiger partial charge in [-0.15, -0.1) is 0 Å². The summed E-state index contributed by atoms with van der Waals surface area (Å²) in [6.45, 7) is 4.94. The van der Waals surface area contributed by atoms with Gasteiger partial charge in [0.05, 0.1) is 0 Å². The average molecular weight is 224 g/mol. The molecule has 0 aromatic carbocycles. The first-order chi connectivity index (χ1) is 7.60. The number of nitrogens with one attached hydrogen (secondary N) is 1. The zero-order chi connectivity index (χ0) is 11.8. The molecule has 2 fully saturated rings. The highest BCUT2D eigenvalue weighted by molar-refractivity contribution is 6.07. The Labute approximate surface area is 96.4 Å². The molecule has 1 N–H and O–H groups in total. The van der Waals surface area contributed by atoms with Crippen LogP contribution < -0.4 is 5.32 Å². The molecule has 0 aromatic heterocycles. The third-order valence-electron chi connectivity index (χ3n) is 3.95. The van der Waals surface area contributed by atoms with Crippen molar-refractivity contribution < 1.29 is 9.59 Å². The van der Waals surface area contributed by atoms with Crippen molar-refractivity contribution in [2.45, 2.75) is 51.5 Å². The number of hydrogen-bond donors (Lipinski definition) is 1. The Balaban J connectivity index is 2.21.